The van der Waals surface area contributed by atoms with E-state index in [-0.39, 0.29) is 93.3 Å². The van der Waals surface area contributed by atoms with Crippen LogP contribution in [0.3, 0.4) is 0 Å². The normalized spacial score (nSPS) is 21.5. The van der Waals surface area contributed by atoms with Crippen LogP contribution in [-0.4, -0.2) is 38.2 Å². The van der Waals surface area contributed by atoms with Crippen LogP contribution in [0.2, 0.25) is 0 Å². The van der Waals surface area contributed by atoms with E-state index in [1.165, 1.54) is 45.1 Å². The van der Waals surface area contributed by atoms with Crippen molar-refractivity contribution in [1.82, 2.24) is 0 Å². The summed E-state index contributed by atoms with van der Waals surface area (Å²) in [5.41, 5.74) is 15.2. The number of aryl methyl sites for hydroxylation is 2. The van der Waals surface area contributed by atoms with E-state index >= 15 is 0 Å². The van der Waals surface area contributed by atoms with Gasteiger partial charge in [0.1, 0.15) is 6.10 Å². The Morgan fingerprint density at radius 3 is 1.13 bits per heavy atom. The maximum absolute atomic E-state index is 12.0. The molecular weight excluding hydrogens is 881 g/mol. The minimum atomic E-state index is -0.245. The van der Waals surface area contributed by atoms with E-state index in [1.807, 2.05) is 62.4 Å². The fourth-order valence-corrected chi connectivity index (χ4v) is 6.96. The van der Waals surface area contributed by atoms with Gasteiger partial charge in [-0.1, -0.05) is 86.6 Å². The molecule has 0 spiro atoms. The molecule has 0 bridgehead atoms. The Labute approximate surface area is 391 Å². The third-order valence-electron chi connectivity index (χ3n) is 10.9. The lowest BCUT2D eigenvalue weighted by Gasteiger charge is -2.36. The summed E-state index contributed by atoms with van der Waals surface area (Å²) < 4.78 is 14.3. The van der Waals surface area contributed by atoms with Crippen LogP contribution < -0.4 is 11.5 Å². The van der Waals surface area contributed by atoms with E-state index in [2.05, 4.69) is 57.9 Å². The van der Waals surface area contributed by atoms with Crippen LogP contribution in [0.5, 0.6) is 0 Å². The van der Waals surface area contributed by atoms with Crippen molar-refractivity contribution < 1.29 is 28.6 Å². The second-order valence-electron chi connectivity index (χ2n) is 15.2. The molecule has 0 saturated heterocycles. The van der Waals surface area contributed by atoms with Crippen molar-refractivity contribution in [3.63, 3.8) is 0 Å². The number of rotatable bonds is 9. The first-order chi connectivity index (χ1) is 25.1. The minimum Gasteiger partial charge on any atom is -0.469 e. The van der Waals surface area contributed by atoms with Crippen LogP contribution >= 0.6 is 69.3 Å². The summed E-state index contributed by atoms with van der Waals surface area (Å²) in [7, 11) is 2.76. The zero-order valence-electron chi connectivity index (χ0n) is 40.4. The zero-order chi connectivity index (χ0) is 40.5. The predicted octanol–water partition coefficient (Wildman–Crippen LogP) is 10.9. The van der Waals surface area contributed by atoms with Crippen molar-refractivity contribution >= 4 is 98.6 Å². The smallest absolute Gasteiger partial charge is 0.306 e. The van der Waals surface area contributed by atoms with Crippen LogP contribution in [0.25, 0.3) is 0 Å². The minimum absolute atomic E-state index is 0. The molecule has 0 heterocycles. The Bertz CT molecular complexity index is 1270. The van der Waals surface area contributed by atoms with Crippen LogP contribution in [-0.2, 0) is 41.4 Å². The molecule has 0 amide bonds. The number of nitrogens with two attached hydrogens (primary N) is 2. The van der Waals surface area contributed by atoms with Gasteiger partial charge in [-0.25, -0.2) is 0 Å². The van der Waals surface area contributed by atoms with Crippen molar-refractivity contribution in [2.45, 2.75) is 140 Å². The maximum atomic E-state index is 12.0. The topological polar surface area (TPSA) is 131 Å². The van der Waals surface area contributed by atoms with Gasteiger partial charge in [-0.15, -0.1) is 0 Å². The summed E-state index contributed by atoms with van der Waals surface area (Å²) in [6, 6.07) is 15.5. The van der Waals surface area contributed by atoms with Gasteiger partial charge >= 0.3 is 17.9 Å². The number of hydrogen-bond acceptors (Lipinski definition) is 8. The van der Waals surface area contributed by atoms with E-state index in [4.69, 9.17) is 16.2 Å². The average Bonchev–Trinajstić information content (AvgIpc) is 3.12. The van der Waals surface area contributed by atoms with Gasteiger partial charge in [-0.2, -0.15) is 69.3 Å². The van der Waals surface area contributed by atoms with Crippen molar-refractivity contribution in [3.8, 4) is 0 Å². The van der Waals surface area contributed by atoms with E-state index in [9.17, 15) is 14.4 Å². The molecule has 4 rings (SSSR count). The van der Waals surface area contributed by atoms with Crippen molar-refractivity contribution in [1.29, 1.82) is 0 Å². The summed E-state index contributed by atoms with van der Waals surface area (Å²) in [5.74, 6) is 5.39. The molecule has 0 aliphatic heterocycles. The van der Waals surface area contributed by atoms with Crippen LogP contribution in [0.1, 0.15) is 132 Å². The first-order valence-corrected chi connectivity index (χ1v) is 20.1. The number of ether oxygens (including phenoxy) is 3. The summed E-state index contributed by atoms with van der Waals surface area (Å²) in [4.78, 5) is 32.4. The van der Waals surface area contributed by atoms with Gasteiger partial charge in [0.2, 0.25) is 0 Å². The number of carbonyl (C=O) groups is 3. The molecule has 0 radical (unpaired) electrons. The number of esters is 3. The highest BCUT2D eigenvalue weighted by atomic mass is 31.0. The molecule has 15 heteroatoms. The molecule has 8 nitrogen and oxygen atoms in total. The van der Waals surface area contributed by atoms with E-state index in [0.29, 0.717) is 24.7 Å². The molecule has 358 valence electrons. The van der Waals surface area contributed by atoms with Gasteiger partial charge in [-0.05, 0) is 128 Å². The first kappa shape index (κ1) is 76.7. The Morgan fingerprint density at radius 2 is 0.833 bits per heavy atom. The number of nitrogen functional groups attached to an aromatic ring is 2. The average molecular weight is 979 g/mol. The maximum Gasteiger partial charge on any atom is 0.306 e. The lowest BCUT2D eigenvalue weighted by molar-refractivity contribution is -0.153. The molecule has 4 N–H and O–H groups in total. The number of benzene rings is 2. The molecule has 2 fully saturated rings. The highest BCUT2D eigenvalue weighted by Crippen LogP contribution is 2.37. The molecule has 2 aliphatic carbocycles. The first-order valence-electron chi connectivity index (χ1n) is 20.1. The third-order valence-corrected chi connectivity index (χ3v) is 10.9. The van der Waals surface area contributed by atoms with Gasteiger partial charge in [0.05, 0.1) is 14.2 Å². The fraction of sp³-hybridized carbons (Fsp3) is 0.667. The highest BCUT2D eigenvalue weighted by molar-refractivity contribution is 6.93. The molecule has 2 aliphatic rings. The Morgan fingerprint density at radius 1 is 0.533 bits per heavy atom. The van der Waals surface area contributed by atoms with E-state index in [1.54, 1.807) is 0 Å². The Hall–Kier alpha value is -0.540. The van der Waals surface area contributed by atoms with Gasteiger partial charge in [-0.3, -0.25) is 14.4 Å². The summed E-state index contributed by atoms with van der Waals surface area (Å²) >= 11 is 0. The van der Waals surface area contributed by atoms with Gasteiger partial charge in [0.15, 0.2) is 0 Å². The van der Waals surface area contributed by atoms with Gasteiger partial charge in [0, 0.05) is 31.1 Å². The second kappa shape index (κ2) is 45.0. The van der Waals surface area contributed by atoms with Crippen molar-refractivity contribution in [2.75, 3.05) is 25.7 Å². The SMILES string of the molecule is CC.CC1CC(C)C(C)C(C)C1.CC1CC(OC(=O)CCCc2ccc(N)cc2)CC(C)C1C.COC(=O)CCCc1ccc(N)cc1.COC(C)=O.P.P.P.P.P.P.P. The highest BCUT2D eigenvalue weighted by Gasteiger charge is 2.32. The van der Waals surface area contributed by atoms with Crippen LogP contribution in [0.4, 0.5) is 11.4 Å². The monoisotopic (exact) mass is 979 g/mol. The predicted molar refractivity (Wildman–Crippen MR) is 299 cm³/mol. The number of methoxy groups -OCH3 is 2. The summed E-state index contributed by atoms with van der Waals surface area (Å²) in [6.45, 7) is 21.8. The lowest BCUT2D eigenvalue weighted by atomic mass is 9.71. The molecule has 60 heavy (non-hydrogen) atoms. The summed E-state index contributed by atoms with van der Waals surface area (Å²) in [6.07, 6.45) is 9.43. The molecule has 2 saturated carbocycles. The zero-order valence-corrected chi connectivity index (χ0v) is 50.3. The van der Waals surface area contributed by atoms with Gasteiger partial charge in [0.25, 0.3) is 0 Å². The largest absolute Gasteiger partial charge is 0.469 e. The van der Waals surface area contributed by atoms with Crippen LogP contribution in [0.15, 0.2) is 48.5 Å². The lowest BCUT2D eigenvalue weighted by Crippen LogP contribution is -2.33. The quantitative estimate of drug-likeness (QED) is 0.110. The Balaban J connectivity index is -0.000000104. The van der Waals surface area contributed by atoms with E-state index in [0.717, 1.165) is 79.5 Å². The number of hydrogen-bond donors (Lipinski definition) is 2. The molecule has 0 aromatic heterocycles. The van der Waals surface area contributed by atoms with Gasteiger partial charge < -0.3 is 25.7 Å². The Kier molecular flexibility index (Phi) is 57.6. The van der Waals surface area contributed by atoms with Crippen LogP contribution in [0, 0.1) is 41.4 Å². The van der Waals surface area contributed by atoms with E-state index < -0.39 is 0 Å². The molecular formula is C45H97N2O6P7. The fourth-order valence-electron chi connectivity index (χ4n) is 6.96. The van der Waals surface area contributed by atoms with Crippen molar-refractivity contribution in [3.05, 3.63) is 59.7 Å². The molecule has 11 atom stereocenters. The van der Waals surface area contributed by atoms with Crippen molar-refractivity contribution in [2.24, 2.45) is 41.4 Å². The molecule has 2 aromatic rings. The second-order valence-corrected chi connectivity index (χ2v) is 15.2. The third kappa shape index (κ3) is 35.9. The summed E-state index contributed by atoms with van der Waals surface area (Å²) in [5, 5.41) is 0. The number of anilines is 2. The standard InChI is InChI=1S/C19H29NO2.C11H15NO2.C10H20.C3H6O2.C2H6.7H3P/c1-13-11-18(12-14(2)15(13)3)22-19(21)6-4-5-16-7-9-17(20)10-8-16;1-14-11(13)4-2-3-9-5-7-10(12)8-6-9;1-7-5-8(2)10(4)9(3)6-7;1-3(4)5-2;1-2;;;;;;;/h7-10,13-15,18H,4-6,11-12,20H2,1-3H3;5-8H,2-4,12H2,1H3;7-10H,5-6H2,1-4H3;1-2H3;1-2H3;7*1H3. The molecule has 2 aromatic carbocycles. The number of carbonyl (C=O) groups excluding carboxylic acids is 3. The molecule has 11 unspecified atom stereocenters.